The van der Waals surface area contributed by atoms with E-state index in [0.29, 0.717) is 18.4 Å². The second-order valence-corrected chi connectivity index (χ2v) is 5.36. The van der Waals surface area contributed by atoms with Gasteiger partial charge in [-0.25, -0.2) is 9.97 Å². The van der Waals surface area contributed by atoms with Gasteiger partial charge in [-0.1, -0.05) is 0 Å². The highest BCUT2D eigenvalue weighted by atomic mass is 16.5. The van der Waals surface area contributed by atoms with E-state index >= 15 is 0 Å². The van der Waals surface area contributed by atoms with Gasteiger partial charge in [0.15, 0.2) is 5.82 Å². The summed E-state index contributed by atoms with van der Waals surface area (Å²) < 4.78 is 11.0. The number of H-pyrrole nitrogens is 1. The van der Waals surface area contributed by atoms with Crippen LogP contribution in [0.4, 0.5) is 5.95 Å². The molecule has 0 spiro atoms. The van der Waals surface area contributed by atoms with Crippen LogP contribution in [-0.4, -0.2) is 58.6 Å². The molecule has 3 heterocycles. The number of hydrogen-bond donors (Lipinski definition) is 1. The van der Waals surface area contributed by atoms with E-state index in [9.17, 15) is 0 Å². The molecule has 2 aromatic heterocycles. The van der Waals surface area contributed by atoms with Crippen molar-refractivity contribution < 1.29 is 9.47 Å². The second kappa shape index (κ2) is 6.27. The van der Waals surface area contributed by atoms with Gasteiger partial charge in [-0.05, 0) is 13.3 Å². The van der Waals surface area contributed by atoms with E-state index in [1.807, 2.05) is 18.9 Å². The molecule has 8 nitrogen and oxygen atoms in total. The fourth-order valence-corrected chi connectivity index (χ4v) is 2.63. The second-order valence-electron chi connectivity index (χ2n) is 5.36. The van der Waals surface area contributed by atoms with E-state index in [-0.39, 0.29) is 12.0 Å². The number of ether oxygens (including phenoxy) is 2. The summed E-state index contributed by atoms with van der Waals surface area (Å²) in [6, 6.07) is 1.72. The van der Waals surface area contributed by atoms with Crippen molar-refractivity contribution in [2.75, 3.05) is 32.2 Å². The van der Waals surface area contributed by atoms with Crippen LogP contribution in [0.3, 0.4) is 0 Å². The molecule has 0 unspecified atom stereocenters. The summed E-state index contributed by atoms with van der Waals surface area (Å²) in [7, 11) is 3.53. The van der Waals surface area contributed by atoms with Crippen molar-refractivity contribution in [3.63, 3.8) is 0 Å². The van der Waals surface area contributed by atoms with Crippen molar-refractivity contribution in [1.29, 1.82) is 0 Å². The van der Waals surface area contributed by atoms with Crippen LogP contribution in [0.1, 0.15) is 24.0 Å². The van der Waals surface area contributed by atoms with Crippen molar-refractivity contribution in [1.82, 2.24) is 25.1 Å². The van der Waals surface area contributed by atoms with Crippen LogP contribution in [0.2, 0.25) is 0 Å². The molecule has 3 rings (SSSR count). The number of nitrogens with zero attached hydrogens (tertiary/aromatic N) is 5. The number of nitrogens with one attached hydrogen (secondary N) is 1. The molecule has 1 aliphatic rings. The Morgan fingerprint density at radius 1 is 1.45 bits per heavy atom. The average molecular weight is 304 g/mol. The lowest BCUT2D eigenvalue weighted by Crippen LogP contribution is -2.33. The highest BCUT2D eigenvalue weighted by Gasteiger charge is 2.33. The van der Waals surface area contributed by atoms with E-state index in [0.717, 1.165) is 24.7 Å². The molecular weight excluding hydrogens is 284 g/mol. The number of aromatic amines is 1. The number of likely N-dealkylation sites (N-methyl/N-ethyl adjacent to an activating group) is 1. The third-order valence-corrected chi connectivity index (χ3v) is 3.78. The highest BCUT2D eigenvalue weighted by Crippen LogP contribution is 2.30. The zero-order valence-corrected chi connectivity index (χ0v) is 13.0. The molecule has 0 saturated carbocycles. The van der Waals surface area contributed by atoms with Gasteiger partial charge < -0.3 is 14.4 Å². The Balaban J connectivity index is 1.71. The van der Waals surface area contributed by atoms with Crippen molar-refractivity contribution >= 4 is 5.95 Å². The monoisotopic (exact) mass is 304 g/mol. The zero-order valence-electron chi connectivity index (χ0n) is 13.0. The van der Waals surface area contributed by atoms with Crippen LogP contribution < -0.4 is 9.64 Å². The fourth-order valence-electron chi connectivity index (χ4n) is 2.63. The Morgan fingerprint density at radius 2 is 2.32 bits per heavy atom. The van der Waals surface area contributed by atoms with Crippen molar-refractivity contribution in [2.24, 2.45) is 0 Å². The number of rotatable bonds is 5. The summed E-state index contributed by atoms with van der Waals surface area (Å²) in [6.07, 6.45) is 2.63. The summed E-state index contributed by atoms with van der Waals surface area (Å²) in [5.41, 5.74) is 0. The van der Waals surface area contributed by atoms with E-state index in [1.54, 1.807) is 19.4 Å². The highest BCUT2D eigenvalue weighted by molar-refractivity contribution is 5.31. The molecule has 1 fully saturated rings. The SMILES string of the molecule is COc1ccnc(N(C)C[C@H]2OCC[C@H]2c2n[nH]c(C)n2)n1. The normalized spacial score (nSPS) is 21.0. The van der Waals surface area contributed by atoms with Crippen molar-refractivity contribution in [3.8, 4) is 5.88 Å². The van der Waals surface area contributed by atoms with E-state index in [2.05, 4.69) is 25.1 Å². The van der Waals surface area contributed by atoms with E-state index < -0.39 is 0 Å². The molecule has 0 aromatic carbocycles. The first-order valence-electron chi connectivity index (χ1n) is 7.26. The molecule has 8 heteroatoms. The number of aromatic nitrogens is 5. The van der Waals surface area contributed by atoms with Gasteiger partial charge >= 0.3 is 0 Å². The maximum absolute atomic E-state index is 5.86. The molecule has 0 amide bonds. The Morgan fingerprint density at radius 3 is 3.05 bits per heavy atom. The van der Waals surface area contributed by atoms with Crippen LogP contribution in [0.25, 0.3) is 0 Å². The number of hydrogen-bond acceptors (Lipinski definition) is 7. The van der Waals surface area contributed by atoms with Gasteiger partial charge in [-0.15, -0.1) is 0 Å². The van der Waals surface area contributed by atoms with Crippen LogP contribution in [0, 0.1) is 6.92 Å². The molecule has 22 heavy (non-hydrogen) atoms. The van der Waals surface area contributed by atoms with E-state index in [1.165, 1.54) is 0 Å². The van der Waals surface area contributed by atoms with Gasteiger partial charge in [0, 0.05) is 32.5 Å². The summed E-state index contributed by atoms with van der Waals surface area (Å²) in [5, 5.41) is 7.16. The Labute approximate surface area is 128 Å². The molecule has 0 radical (unpaired) electrons. The quantitative estimate of drug-likeness (QED) is 0.878. The lowest BCUT2D eigenvalue weighted by atomic mass is 10.0. The summed E-state index contributed by atoms with van der Waals surface area (Å²) in [4.78, 5) is 15.0. The third-order valence-electron chi connectivity index (χ3n) is 3.78. The van der Waals surface area contributed by atoms with E-state index in [4.69, 9.17) is 9.47 Å². The van der Waals surface area contributed by atoms with Gasteiger partial charge in [-0.2, -0.15) is 10.1 Å². The lowest BCUT2D eigenvalue weighted by molar-refractivity contribution is 0.108. The molecule has 2 aromatic rings. The first kappa shape index (κ1) is 14.7. The Kier molecular flexibility index (Phi) is 4.19. The molecule has 118 valence electrons. The molecule has 1 aliphatic heterocycles. The van der Waals surface area contributed by atoms with Crippen molar-refractivity contribution in [2.45, 2.75) is 25.4 Å². The number of anilines is 1. The van der Waals surface area contributed by atoms with Crippen LogP contribution >= 0.6 is 0 Å². The molecule has 0 bridgehead atoms. The van der Waals surface area contributed by atoms with Gasteiger partial charge in [0.1, 0.15) is 5.82 Å². The predicted octanol–water partition coefficient (Wildman–Crippen LogP) is 0.921. The standard InChI is InChI=1S/C14H20N6O2/c1-9-16-13(19-18-9)10-5-7-22-11(10)8-20(2)14-15-6-4-12(17-14)21-3/h4,6,10-11H,5,7-8H2,1-3H3,(H,16,18,19)/t10-,11-/m1/s1. The topological polar surface area (TPSA) is 89.0 Å². The van der Waals surface area contributed by atoms with Crippen LogP contribution in [0.5, 0.6) is 5.88 Å². The van der Waals surface area contributed by atoms with Gasteiger partial charge in [0.25, 0.3) is 0 Å². The molecule has 0 aliphatic carbocycles. The molecule has 1 N–H and O–H groups in total. The summed E-state index contributed by atoms with van der Waals surface area (Å²) in [5.74, 6) is 2.99. The minimum Gasteiger partial charge on any atom is -0.481 e. The van der Waals surface area contributed by atoms with Crippen molar-refractivity contribution in [3.05, 3.63) is 23.9 Å². The fraction of sp³-hybridized carbons (Fsp3) is 0.571. The predicted molar refractivity (Wildman–Crippen MR) is 80.1 cm³/mol. The number of methoxy groups -OCH3 is 1. The first-order chi connectivity index (χ1) is 10.7. The maximum atomic E-state index is 5.86. The summed E-state index contributed by atoms with van der Waals surface area (Å²) in [6.45, 7) is 3.29. The average Bonchev–Trinajstić information content (AvgIpc) is 3.16. The largest absolute Gasteiger partial charge is 0.481 e. The van der Waals surface area contributed by atoms with Gasteiger partial charge in [0.05, 0.1) is 19.1 Å². The maximum Gasteiger partial charge on any atom is 0.228 e. The first-order valence-corrected chi connectivity index (χ1v) is 7.26. The Hall–Kier alpha value is -2.22. The smallest absolute Gasteiger partial charge is 0.228 e. The third kappa shape index (κ3) is 3.01. The van der Waals surface area contributed by atoms with Crippen LogP contribution in [-0.2, 0) is 4.74 Å². The van der Waals surface area contributed by atoms with Gasteiger partial charge in [-0.3, -0.25) is 5.10 Å². The zero-order chi connectivity index (χ0) is 15.5. The van der Waals surface area contributed by atoms with Crippen LogP contribution in [0.15, 0.2) is 12.3 Å². The molecule has 2 atom stereocenters. The Bertz CT molecular complexity index is 631. The van der Waals surface area contributed by atoms with Gasteiger partial charge in [0.2, 0.25) is 11.8 Å². The minimum atomic E-state index is 0.0231. The summed E-state index contributed by atoms with van der Waals surface area (Å²) >= 11 is 0. The minimum absolute atomic E-state index is 0.0231. The molecular formula is C14H20N6O2. The lowest BCUT2D eigenvalue weighted by Gasteiger charge is -2.23. The number of aryl methyl sites for hydroxylation is 1. The molecule has 1 saturated heterocycles.